The number of hydrogen-bond acceptors (Lipinski definition) is 4. The van der Waals surface area contributed by atoms with Gasteiger partial charge < -0.3 is 20.5 Å². The maximum atomic E-state index is 11.2. The standard InChI is InChI=1S/C18H26N2O3/c19-18(22)23-17(14-4-2-1-3-5-14)15-10-13(11-15)12-20-8-6-16(21)7-9-20/h1-5,13,15-17,21H,6-12H2,(H2,19,22). The van der Waals surface area contributed by atoms with Crippen LogP contribution in [0.3, 0.4) is 0 Å². The molecule has 1 unspecified atom stereocenters. The number of carbonyl (C=O) groups is 1. The Balaban J connectivity index is 1.52. The molecule has 1 aliphatic carbocycles. The zero-order chi connectivity index (χ0) is 16.2. The van der Waals surface area contributed by atoms with Gasteiger partial charge in [-0.15, -0.1) is 0 Å². The van der Waals surface area contributed by atoms with Crippen LogP contribution in [0, 0.1) is 11.8 Å². The average molecular weight is 318 g/mol. The summed E-state index contributed by atoms with van der Waals surface area (Å²) < 4.78 is 5.38. The van der Waals surface area contributed by atoms with E-state index < -0.39 is 6.09 Å². The number of piperidine rings is 1. The van der Waals surface area contributed by atoms with Crippen LogP contribution in [0.4, 0.5) is 4.79 Å². The Morgan fingerprint density at radius 3 is 2.52 bits per heavy atom. The molecule has 3 rings (SSSR count). The monoisotopic (exact) mass is 318 g/mol. The summed E-state index contributed by atoms with van der Waals surface area (Å²) in [7, 11) is 0. The minimum atomic E-state index is -0.702. The second kappa shape index (κ2) is 7.32. The van der Waals surface area contributed by atoms with Crippen LogP contribution in [-0.2, 0) is 4.74 Å². The number of hydrogen-bond donors (Lipinski definition) is 2. The Labute approximate surface area is 137 Å². The zero-order valence-corrected chi connectivity index (χ0v) is 13.4. The van der Waals surface area contributed by atoms with Crippen molar-refractivity contribution in [3.8, 4) is 0 Å². The number of ether oxygens (including phenoxy) is 1. The molecule has 5 nitrogen and oxygen atoms in total. The molecular formula is C18H26N2O3. The molecule has 2 aliphatic rings. The first kappa shape index (κ1) is 16.3. The van der Waals surface area contributed by atoms with Crippen molar-refractivity contribution in [1.29, 1.82) is 0 Å². The molecule has 1 aromatic rings. The smallest absolute Gasteiger partial charge is 0.405 e. The maximum absolute atomic E-state index is 11.2. The topological polar surface area (TPSA) is 75.8 Å². The summed E-state index contributed by atoms with van der Waals surface area (Å²) in [5, 5.41) is 9.57. The molecule has 1 aliphatic heterocycles. The predicted octanol–water partition coefficient (Wildman–Crippen LogP) is 2.31. The maximum Gasteiger partial charge on any atom is 0.405 e. The van der Waals surface area contributed by atoms with Crippen LogP contribution in [0.2, 0.25) is 0 Å². The molecule has 1 amide bonds. The number of primary amides is 1. The predicted molar refractivity (Wildman–Crippen MR) is 87.7 cm³/mol. The van der Waals surface area contributed by atoms with Gasteiger partial charge in [-0.25, -0.2) is 4.79 Å². The SMILES string of the molecule is NC(=O)OC(c1ccccc1)C1CC(CN2CCC(O)CC2)C1. The number of carbonyl (C=O) groups excluding carboxylic acids is 1. The van der Waals surface area contributed by atoms with Gasteiger partial charge in [0.25, 0.3) is 0 Å². The number of nitrogens with zero attached hydrogens (tertiary/aromatic N) is 1. The minimum Gasteiger partial charge on any atom is -0.441 e. The van der Waals surface area contributed by atoms with Gasteiger partial charge in [0.2, 0.25) is 0 Å². The molecule has 5 heteroatoms. The van der Waals surface area contributed by atoms with Crippen molar-refractivity contribution >= 4 is 6.09 Å². The van der Waals surface area contributed by atoms with Crippen molar-refractivity contribution in [3.63, 3.8) is 0 Å². The van der Waals surface area contributed by atoms with Crippen molar-refractivity contribution in [2.75, 3.05) is 19.6 Å². The number of amides is 1. The van der Waals surface area contributed by atoms with Crippen molar-refractivity contribution in [2.24, 2.45) is 17.6 Å². The highest BCUT2D eigenvalue weighted by Crippen LogP contribution is 2.44. The van der Waals surface area contributed by atoms with E-state index >= 15 is 0 Å². The quantitative estimate of drug-likeness (QED) is 0.873. The summed E-state index contributed by atoms with van der Waals surface area (Å²) in [6.45, 7) is 3.06. The van der Waals surface area contributed by atoms with Gasteiger partial charge in [0, 0.05) is 25.6 Å². The molecule has 1 atom stereocenters. The molecule has 1 aromatic carbocycles. The summed E-state index contributed by atoms with van der Waals surface area (Å²) in [5.41, 5.74) is 6.28. The van der Waals surface area contributed by atoms with Crippen molar-refractivity contribution in [1.82, 2.24) is 4.90 Å². The average Bonchev–Trinajstić information content (AvgIpc) is 2.51. The van der Waals surface area contributed by atoms with E-state index in [9.17, 15) is 9.90 Å². The number of aliphatic hydroxyl groups excluding tert-OH is 1. The van der Waals surface area contributed by atoms with Crippen LogP contribution < -0.4 is 5.73 Å². The lowest BCUT2D eigenvalue weighted by Gasteiger charge is -2.43. The summed E-state index contributed by atoms with van der Waals surface area (Å²) in [6, 6.07) is 9.86. The van der Waals surface area contributed by atoms with E-state index in [2.05, 4.69) is 4.90 Å². The van der Waals surface area contributed by atoms with E-state index in [1.165, 1.54) is 0 Å². The first-order chi connectivity index (χ1) is 11.1. The molecule has 0 spiro atoms. The normalized spacial score (nSPS) is 27.2. The number of rotatable bonds is 5. The highest BCUT2D eigenvalue weighted by atomic mass is 16.6. The van der Waals surface area contributed by atoms with Gasteiger partial charge >= 0.3 is 6.09 Å². The third-order valence-electron chi connectivity index (χ3n) is 5.15. The Morgan fingerprint density at radius 1 is 1.26 bits per heavy atom. The van der Waals surface area contributed by atoms with Crippen LogP contribution in [0.5, 0.6) is 0 Å². The molecule has 0 bridgehead atoms. The number of benzene rings is 1. The molecule has 0 aromatic heterocycles. The van der Waals surface area contributed by atoms with Crippen molar-refractivity contribution < 1.29 is 14.6 Å². The van der Waals surface area contributed by atoms with Gasteiger partial charge in [-0.2, -0.15) is 0 Å². The highest BCUT2D eigenvalue weighted by Gasteiger charge is 2.38. The van der Waals surface area contributed by atoms with Crippen LogP contribution in [0.1, 0.15) is 37.4 Å². The molecule has 1 heterocycles. The molecule has 23 heavy (non-hydrogen) atoms. The van der Waals surface area contributed by atoms with E-state index in [0.29, 0.717) is 11.8 Å². The fourth-order valence-corrected chi connectivity index (χ4v) is 3.85. The Morgan fingerprint density at radius 2 is 1.91 bits per heavy atom. The van der Waals surface area contributed by atoms with Gasteiger partial charge in [-0.05, 0) is 37.2 Å². The van der Waals surface area contributed by atoms with Crippen LogP contribution in [0.25, 0.3) is 0 Å². The van der Waals surface area contributed by atoms with E-state index in [-0.39, 0.29) is 12.2 Å². The van der Waals surface area contributed by atoms with Gasteiger partial charge in [0.15, 0.2) is 0 Å². The van der Waals surface area contributed by atoms with Gasteiger partial charge in [-0.1, -0.05) is 30.3 Å². The highest BCUT2D eigenvalue weighted by molar-refractivity contribution is 5.65. The van der Waals surface area contributed by atoms with E-state index in [1.807, 2.05) is 30.3 Å². The van der Waals surface area contributed by atoms with Crippen molar-refractivity contribution in [3.05, 3.63) is 35.9 Å². The Hall–Kier alpha value is -1.59. The Bertz CT molecular complexity index is 508. The molecular weight excluding hydrogens is 292 g/mol. The first-order valence-corrected chi connectivity index (χ1v) is 8.53. The fourth-order valence-electron chi connectivity index (χ4n) is 3.85. The first-order valence-electron chi connectivity index (χ1n) is 8.53. The van der Waals surface area contributed by atoms with Crippen LogP contribution in [0.15, 0.2) is 30.3 Å². The molecule has 1 saturated heterocycles. The van der Waals surface area contributed by atoms with E-state index in [1.54, 1.807) is 0 Å². The number of nitrogens with two attached hydrogens (primary N) is 1. The summed E-state index contributed by atoms with van der Waals surface area (Å²) in [4.78, 5) is 13.7. The summed E-state index contributed by atoms with van der Waals surface area (Å²) in [5.74, 6) is 1.00. The van der Waals surface area contributed by atoms with E-state index in [4.69, 9.17) is 10.5 Å². The molecule has 2 fully saturated rings. The largest absolute Gasteiger partial charge is 0.441 e. The summed E-state index contributed by atoms with van der Waals surface area (Å²) >= 11 is 0. The Kier molecular flexibility index (Phi) is 5.18. The second-order valence-corrected chi connectivity index (χ2v) is 6.90. The van der Waals surface area contributed by atoms with Crippen LogP contribution in [-0.4, -0.2) is 41.8 Å². The number of likely N-dealkylation sites (tertiary alicyclic amines) is 1. The second-order valence-electron chi connectivity index (χ2n) is 6.90. The molecule has 3 N–H and O–H groups in total. The van der Waals surface area contributed by atoms with E-state index in [0.717, 1.165) is 50.9 Å². The van der Waals surface area contributed by atoms with Crippen molar-refractivity contribution in [2.45, 2.75) is 37.9 Å². The fraction of sp³-hybridized carbons (Fsp3) is 0.611. The number of aliphatic hydroxyl groups is 1. The molecule has 0 radical (unpaired) electrons. The van der Waals surface area contributed by atoms with Gasteiger partial charge in [0.05, 0.1) is 6.10 Å². The lowest BCUT2D eigenvalue weighted by atomic mass is 9.70. The minimum absolute atomic E-state index is 0.119. The zero-order valence-electron chi connectivity index (χ0n) is 13.4. The third-order valence-corrected chi connectivity index (χ3v) is 5.15. The third kappa shape index (κ3) is 4.24. The molecule has 126 valence electrons. The lowest BCUT2D eigenvalue weighted by molar-refractivity contribution is -0.00566. The van der Waals surface area contributed by atoms with Crippen LogP contribution >= 0.6 is 0 Å². The molecule has 1 saturated carbocycles. The lowest BCUT2D eigenvalue weighted by Crippen LogP contribution is -2.43. The van der Waals surface area contributed by atoms with Gasteiger partial charge in [0.1, 0.15) is 6.10 Å². The summed E-state index contributed by atoms with van der Waals surface area (Å²) in [6.07, 6.45) is 2.84. The van der Waals surface area contributed by atoms with Gasteiger partial charge in [-0.3, -0.25) is 0 Å².